The van der Waals surface area contributed by atoms with Crippen LogP contribution in [0.2, 0.25) is 5.02 Å². The second kappa shape index (κ2) is 10.3. The van der Waals surface area contributed by atoms with E-state index in [0.29, 0.717) is 29.5 Å². The maximum absolute atomic E-state index is 12.0. The molecular formula is C16H19ClN4O3S2. The summed E-state index contributed by atoms with van der Waals surface area (Å²) in [5.74, 6) is 0.348. The van der Waals surface area contributed by atoms with Gasteiger partial charge < -0.3 is 15.0 Å². The third-order valence-electron chi connectivity index (χ3n) is 3.35. The number of carbonyl (C=O) groups is 2. The summed E-state index contributed by atoms with van der Waals surface area (Å²) in [6.07, 6.45) is 0. The second-order valence-electron chi connectivity index (χ2n) is 5.04. The number of nitrogens with zero attached hydrogens (tertiary/aromatic N) is 3. The molecule has 1 aromatic heterocycles. The lowest BCUT2D eigenvalue weighted by Gasteiger charge is -2.19. The molecule has 0 aliphatic carbocycles. The lowest BCUT2D eigenvalue weighted by atomic mass is 10.3. The average Bonchev–Trinajstić information content (AvgIpc) is 3.14. The van der Waals surface area contributed by atoms with Crippen LogP contribution in [0.1, 0.15) is 13.8 Å². The van der Waals surface area contributed by atoms with Crippen LogP contribution >= 0.6 is 34.7 Å². The van der Waals surface area contributed by atoms with Crippen molar-refractivity contribution in [2.75, 3.05) is 30.8 Å². The number of rotatable bonds is 9. The van der Waals surface area contributed by atoms with Crippen molar-refractivity contribution in [1.29, 1.82) is 0 Å². The number of carbonyl (C=O) groups excluding carboxylic acids is 2. The molecule has 26 heavy (non-hydrogen) atoms. The first-order valence-electron chi connectivity index (χ1n) is 7.92. The van der Waals surface area contributed by atoms with E-state index in [0.717, 1.165) is 4.34 Å². The normalized spacial score (nSPS) is 10.4. The number of aromatic nitrogens is 2. The Labute approximate surface area is 165 Å². The van der Waals surface area contributed by atoms with Crippen molar-refractivity contribution in [1.82, 2.24) is 15.1 Å². The summed E-state index contributed by atoms with van der Waals surface area (Å²) in [5, 5.41) is 10.7. The van der Waals surface area contributed by atoms with Crippen LogP contribution in [-0.4, -0.2) is 52.4 Å². The molecule has 0 aliphatic heterocycles. The molecule has 140 valence electrons. The van der Waals surface area contributed by atoms with Gasteiger partial charge in [-0.25, -0.2) is 0 Å². The number of hydrogen-bond donors (Lipinski definition) is 1. The summed E-state index contributed by atoms with van der Waals surface area (Å²) in [6, 6.07) is 4.90. The van der Waals surface area contributed by atoms with Gasteiger partial charge in [0.1, 0.15) is 11.3 Å². The smallest absolute Gasteiger partial charge is 0.260 e. The standard InChI is InChI=1S/C16H19ClN4O3S2/c1-3-21(4-2)15(23)8-24-13-6-5-11(7-12(13)17)19-14(22)9-25-16-20-18-10-26-16/h5-7,10H,3-4,8-9H2,1-2H3,(H,19,22). The summed E-state index contributed by atoms with van der Waals surface area (Å²) < 4.78 is 6.22. The number of amides is 2. The molecular weight excluding hydrogens is 396 g/mol. The molecule has 0 atom stereocenters. The van der Waals surface area contributed by atoms with Crippen molar-refractivity contribution in [2.45, 2.75) is 18.2 Å². The number of hydrogen-bond acceptors (Lipinski definition) is 7. The Bertz CT molecular complexity index is 739. The molecule has 0 radical (unpaired) electrons. The fraction of sp³-hybridized carbons (Fsp3) is 0.375. The van der Waals surface area contributed by atoms with Crippen LogP contribution in [0.5, 0.6) is 5.75 Å². The number of likely N-dealkylation sites (N-methyl/N-ethyl adjacent to an activating group) is 1. The van der Waals surface area contributed by atoms with Gasteiger partial charge in [-0.05, 0) is 32.0 Å². The molecule has 1 heterocycles. The fourth-order valence-electron chi connectivity index (χ4n) is 2.05. The maximum Gasteiger partial charge on any atom is 0.260 e. The molecule has 2 amide bonds. The van der Waals surface area contributed by atoms with Gasteiger partial charge in [-0.1, -0.05) is 34.7 Å². The zero-order valence-corrected chi connectivity index (χ0v) is 16.8. The summed E-state index contributed by atoms with van der Waals surface area (Å²) >= 11 is 8.87. The minimum absolute atomic E-state index is 0.0778. The molecule has 2 rings (SSSR count). The molecule has 0 saturated carbocycles. The number of ether oxygens (including phenoxy) is 1. The minimum Gasteiger partial charge on any atom is -0.482 e. The van der Waals surface area contributed by atoms with E-state index in [4.69, 9.17) is 16.3 Å². The Kier molecular flexibility index (Phi) is 8.14. The van der Waals surface area contributed by atoms with Crippen LogP contribution in [0.3, 0.4) is 0 Å². The van der Waals surface area contributed by atoms with Crippen LogP contribution in [0, 0.1) is 0 Å². The van der Waals surface area contributed by atoms with Crippen LogP contribution < -0.4 is 10.1 Å². The van der Waals surface area contributed by atoms with Crippen LogP contribution in [0.15, 0.2) is 28.0 Å². The van der Waals surface area contributed by atoms with Gasteiger partial charge in [-0.3, -0.25) is 9.59 Å². The van der Waals surface area contributed by atoms with Crippen molar-refractivity contribution in [2.24, 2.45) is 0 Å². The van der Waals surface area contributed by atoms with Crippen molar-refractivity contribution in [3.05, 3.63) is 28.7 Å². The Morgan fingerprint density at radius 1 is 1.35 bits per heavy atom. The molecule has 10 heteroatoms. The summed E-state index contributed by atoms with van der Waals surface area (Å²) in [4.78, 5) is 25.6. The van der Waals surface area contributed by atoms with E-state index < -0.39 is 0 Å². The van der Waals surface area contributed by atoms with Gasteiger partial charge >= 0.3 is 0 Å². The van der Waals surface area contributed by atoms with Gasteiger partial charge in [0.05, 0.1) is 10.8 Å². The quantitative estimate of drug-likeness (QED) is 0.634. The number of halogens is 1. The molecule has 0 saturated heterocycles. The monoisotopic (exact) mass is 414 g/mol. The molecule has 0 unspecified atom stereocenters. The van der Waals surface area contributed by atoms with E-state index in [1.807, 2.05) is 13.8 Å². The van der Waals surface area contributed by atoms with Gasteiger partial charge in [0.25, 0.3) is 5.91 Å². The van der Waals surface area contributed by atoms with E-state index in [1.165, 1.54) is 23.1 Å². The van der Waals surface area contributed by atoms with Gasteiger partial charge in [0, 0.05) is 18.8 Å². The van der Waals surface area contributed by atoms with Crippen LogP contribution in [-0.2, 0) is 9.59 Å². The zero-order chi connectivity index (χ0) is 18.9. The Hall–Kier alpha value is -1.84. The summed E-state index contributed by atoms with van der Waals surface area (Å²) in [7, 11) is 0. The zero-order valence-electron chi connectivity index (χ0n) is 14.4. The molecule has 0 fully saturated rings. The van der Waals surface area contributed by atoms with Crippen LogP contribution in [0.25, 0.3) is 0 Å². The third-order valence-corrected chi connectivity index (χ3v) is 5.51. The first kappa shape index (κ1) is 20.5. The van der Waals surface area contributed by atoms with Crippen molar-refractivity contribution in [3.8, 4) is 5.75 Å². The largest absolute Gasteiger partial charge is 0.482 e. The summed E-state index contributed by atoms with van der Waals surface area (Å²) in [5.41, 5.74) is 2.17. The first-order valence-corrected chi connectivity index (χ1v) is 10.2. The minimum atomic E-state index is -0.174. The number of thioether (sulfide) groups is 1. The number of benzene rings is 1. The van der Waals surface area contributed by atoms with Crippen molar-refractivity contribution in [3.63, 3.8) is 0 Å². The predicted molar refractivity (Wildman–Crippen MR) is 104 cm³/mol. The van der Waals surface area contributed by atoms with E-state index in [9.17, 15) is 9.59 Å². The van der Waals surface area contributed by atoms with E-state index in [-0.39, 0.29) is 24.2 Å². The SMILES string of the molecule is CCN(CC)C(=O)COc1ccc(NC(=O)CSc2nncs2)cc1Cl. The molecule has 0 spiro atoms. The Morgan fingerprint density at radius 2 is 2.12 bits per heavy atom. The molecule has 7 nitrogen and oxygen atoms in total. The molecule has 1 aromatic carbocycles. The summed E-state index contributed by atoms with van der Waals surface area (Å²) in [6.45, 7) is 5.01. The maximum atomic E-state index is 12.0. The second-order valence-corrected chi connectivity index (χ2v) is 7.50. The lowest BCUT2D eigenvalue weighted by molar-refractivity contribution is -0.133. The topological polar surface area (TPSA) is 84.4 Å². The van der Waals surface area contributed by atoms with Gasteiger partial charge in [0.15, 0.2) is 10.9 Å². The highest BCUT2D eigenvalue weighted by atomic mass is 35.5. The third kappa shape index (κ3) is 6.15. The average molecular weight is 415 g/mol. The van der Waals surface area contributed by atoms with E-state index in [1.54, 1.807) is 28.6 Å². The number of anilines is 1. The molecule has 0 bridgehead atoms. The number of nitrogens with one attached hydrogen (secondary N) is 1. The molecule has 1 N–H and O–H groups in total. The Morgan fingerprint density at radius 3 is 2.73 bits per heavy atom. The first-order chi connectivity index (χ1) is 12.5. The van der Waals surface area contributed by atoms with Gasteiger partial charge in [-0.2, -0.15) is 0 Å². The van der Waals surface area contributed by atoms with E-state index >= 15 is 0 Å². The van der Waals surface area contributed by atoms with Crippen molar-refractivity contribution >= 4 is 52.2 Å². The van der Waals surface area contributed by atoms with E-state index in [2.05, 4.69) is 15.5 Å². The van der Waals surface area contributed by atoms with Crippen molar-refractivity contribution < 1.29 is 14.3 Å². The fourth-order valence-corrected chi connectivity index (χ4v) is 3.58. The predicted octanol–water partition coefficient (Wildman–Crippen LogP) is 3.17. The highest BCUT2D eigenvalue weighted by molar-refractivity contribution is 8.01. The van der Waals surface area contributed by atoms with Crippen LogP contribution in [0.4, 0.5) is 5.69 Å². The van der Waals surface area contributed by atoms with Gasteiger partial charge in [0.2, 0.25) is 5.91 Å². The highest BCUT2D eigenvalue weighted by Crippen LogP contribution is 2.28. The highest BCUT2D eigenvalue weighted by Gasteiger charge is 2.12. The Balaban J connectivity index is 1.86. The molecule has 2 aromatic rings. The molecule has 0 aliphatic rings. The lowest BCUT2D eigenvalue weighted by Crippen LogP contribution is -2.34. The van der Waals surface area contributed by atoms with Gasteiger partial charge in [-0.15, -0.1) is 10.2 Å².